The lowest BCUT2D eigenvalue weighted by atomic mass is 9.74. The summed E-state index contributed by atoms with van der Waals surface area (Å²) in [5.41, 5.74) is -0.0253. The summed E-state index contributed by atoms with van der Waals surface area (Å²) in [5, 5.41) is 3.75. The normalized spacial score (nSPS) is 26.4. The van der Waals surface area contributed by atoms with Gasteiger partial charge in [-0.05, 0) is 52.0 Å². The van der Waals surface area contributed by atoms with Gasteiger partial charge in [-0.15, -0.1) is 0 Å². The lowest BCUT2D eigenvalue weighted by molar-refractivity contribution is -0.0302. The fourth-order valence-electron chi connectivity index (χ4n) is 3.28. The molecule has 1 aliphatic rings. The molecule has 2 nitrogen and oxygen atoms in total. The van der Waals surface area contributed by atoms with Gasteiger partial charge in [0.05, 0.1) is 12.2 Å². The van der Waals surface area contributed by atoms with Crippen LogP contribution < -0.4 is 5.32 Å². The van der Waals surface area contributed by atoms with Crippen LogP contribution in [-0.4, -0.2) is 24.8 Å². The highest BCUT2D eigenvalue weighted by molar-refractivity contribution is 4.85. The molecule has 0 radical (unpaired) electrons. The topological polar surface area (TPSA) is 21.3 Å². The van der Waals surface area contributed by atoms with E-state index in [1.165, 1.54) is 38.5 Å². The van der Waals surface area contributed by atoms with Crippen LogP contribution in [0, 0.1) is 11.8 Å². The van der Waals surface area contributed by atoms with Crippen molar-refractivity contribution in [3.63, 3.8) is 0 Å². The molecule has 0 heterocycles. The van der Waals surface area contributed by atoms with E-state index in [1.807, 2.05) is 0 Å². The van der Waals surface area contributed by atoms with Gasteiger partial charge in [0.15, 0.2) is 0 Å². The zero-order valence-electron chi connectivity index (χ0n) is 13.8. The van der Waals surface area contributed by atoms with E-state index in [4.69, 9.17) is 4.74 Å². The first kappa shape index (κ1) is 17.0. The number of nitrogens with one attached hydrogen (secondary N) is 1. The lowest BCUT2D eigenvalue weighted by Gasteiger charge is -2.38. The van der Waals surface area contributed by atoms with E-state index < -0.39 is 0 Å². The fourth-order valence-corrected chi connectivity index (χ4v) is 3.28. The quantitative estimate of drug-likeness (QED) is 0.740. The average Bonchev–Trinajstić information content (AvgIpc) is 2.38. The molecular formula is C17H35NO. The Bertz CT molecular complexity index is 234. The predicted molar refractivity (Wildman–Crippen MR) is 83.5 cm³/mol. The molecule has 1 aliphatic carbocycles. The highest BCUT2D eigenvalue weighted by atomic mass is 16.5. The van der Waals surface area contributed by atoms with Crippen molar-refractivity contribution in [3.05, 3.63) is 0 Å². The molecule has 2 heteroatoms. The molecule has 0 aliphatic heterocycles. The number of ether oxygens (including phenoxy) is 1. The van der Waals surface area contributed by atoms with Crippen LogP contribution in [0.25, 0.3) is 0 Å². The molecule has 1 saturated carbocycles. The fraction of sp³-hybridized carbons (Fsp3) is 1.00. The predicted octanol–water partition coefficient (Wildman–Crippen LogP) is 4.39. The van der Waals surface area contributed by atoms with E-state index in [1.54, 1.807) is 0 Å². The van der Waals surface area contributed by atoms with Crippen LogP contribution in [0.15, 0.2) is 0 Å². The maximum absolute atomic E-state index is 6.07. The summed E-state index contributed by atoms with van der Waals surface area (Å²) in [4.78, 5) is 0. The molecular weight excluding hydrogens is 234 g/mol. The summed E-state index contributed by atoms with van der Waals surface area (Å²) in [6, 6.07) is 0.546. The van der Waals surface area contributed by atoms with E-state index in [0.717, 1.165) is 25.0 Å². The van der Waals surface area contributed by atoms with Gasteiger partial charge in [-0.2, -0.15) is 0 Å². The first-order valence-corrected chi connectivity index (χ1v) is 8.35. The molecule has 0 aromatic rings. The van der Waals surface area contributed by atoms with Crippen molar-refractivity contribution in [1.82, 2.24) is 5.32 Å². The smallest absolute Gasteiger partial charge is 0.0629 e. The lowest BCUT2D eigenvalue weighted by Crippen LogP contribution is -2.45. The minimum absolute atomic E-state index is 0.0253. The zero-order chi connectivity index (χ0) is 14.3. The van der Waals surface area contributed by atoms with Gasteiger partial charge in [0.25, 0.3) is 0 Å². The molecule has 0 aromatic carbocycles. The SMILES string of the molecule is CCCNC(COC(C)(C)C)C1CCCCC1CC. The summed E-state index contributed by atoms with van der Waals surface area (Å²) in [6.45, 7) is 13.0. The van der Waals surface area contributed by atoms with Crippen molar-refractivity contribution in [1.29, 1.82) is 0 Å². The molecule has 0 bridgehead atoms. The van der Waals surface area contributed by atoms with E-state index in [9.17, 15) is 0 Å². The highest BCUT2D eigenvalue weighted by Crippen LogP contribution is 2.34. The molecule has 3 atom stereocenters. The number of hydrogen-bond donors (Lipinski definition) is 1. The second-order valence-electron chi connectivity index (χ2n) is 7.10. The average molecular weight is 269 g/mol. The third-order valence-electron chi connectivity index (χ3n) is 4.36. The van der Waals surface area contributed by atoms with E-state index >= 15 is 0 Å². The summed E-state index contributed by atoms with van der Waals surface area (Å²) < 4.78 is 6.07. The van der Waals surface area contributed by atoms with Crippen LogP contribution in [0.2, 0.25) is 0 Å². The third kappa shape index (κ3) is 6.27. The van der Waals surface area contributed by atoms with Crippen LogP contribution in [0.5, 0.6) is 0 Å². The molecule has 3 unspecified atom stereocenters. The minimum atomic E-state index is -0.0253. The van der Waals surface area contributed by atoms with Gasteiger partial charge in [-0.25, -0.2) is 0 Å². The Morgan fingerprint density at radius 3 is 2.42 bits per heavy atom. The minimum Gasteiger partial charge on any atom is -0.374 e. The van der Waals surface area contributed by atoms with Crippen LogP contribution in [0.3, 0.4) is 0 Å². The van der Waals surface area contributed by atoms with E-state index in [-0.39, 0.29) is 5.60 Å². The van der Waals surface area contributed by atoms with Crippen molar-refractivity contribution >= 4 is 0 Å². The van der Waals surface area contributed by atoms with Crippen molar-refractivity contribution in [3.8, 4) is 0 Å². The van der Waals surface area contributed by atoms with Gasteiger partial charge >= 0.3 is 0 Å². The Morgan fingerprint density at radius 2 is 1.84 bits per heavy atom. The number of rotatable bonds is 7. The highest BCUT2D eigenvalue weighted by Gasteiger charge is 2.31. The largest absolute Gasteiger partial charge is 0.374 e. The Morgan fingerprint density at radius 1 is 1.16 bits per heavy atom. The maximum atomic E-state index is 6.07. The van der Waals surface area contributed by atoms with E-state index in [2.05, 4.69) is 39.9 Å². The summed E-state index contributed by atoms with van der Waals surface area (Å²) in [7, 11) is 0. The van der Waals surface area contributed by atoms with Crippen LogP contribution in [-0.2, 0) is 4.74 Å². The molecule has 114 valence electrons. The Hall–Kier alpha value is -0.0800. The van der Waals surface area contributed by atoms with Crippen LogP contribution >= 0.6 is 0 Å². The van der Waals surface area contributed by atoms with Gasteiger partial charge in [-0.3, -0.25) is 0 Å². The summed E-state index contributed by atoms with van der Waals surface area (Å²) in [5.74, 6) is 1.71. The first-order chi connectivity index (χ1) is 8.98. The van der Waals surface area contributed by atoms with E-state index in [0.29, 0.717) is 6.04 Å². The first-order valence-electron chi connectivity index (χ1n) is 8.35. The van der Waals surface area contributed by atoms with Gasteiger partial charge in [0.1, 0.15) is 0 Å². The van der Waals surface area contributed by atoms with Crippen molar-refractivity contribution in [2.45, 2.75) is 84.8 Å². The molecule has 0 saturated heterocycles. The standard InChI is InChI=1S/C17H35NO/c1-6-12-18-16(13-19-17(3,4)5)15-11-9-8-10-14(15)7-2/h14-16,18H,6-13H2,1-5H3. The monoisotopic (exact) mass is 269 g/mol. The summed E-state index contributed by atoms with van der Waals surface area (Å²) in [6.07, 6.45) is 8.16. The van der Waals surface area contributed by atoms with Gasteiger partial charge < -0.3 is 10.1 Å². The molecule has 0 amide bonds. The summed E-state index contributed by atoms with van der Waals surface area (Å²) >= 11 is 0. The Labute approximate surface area is 120 Å². The van der Waals surface area contributed by atoms with Gasteiger partial charge in [0, 0.05) is 6.04 Å². The van der Waals surface area contributed by atoms with Gasteiger partial charge in [-0.1, -0.05) is 39.5 Å². The molecule has 0 spiro atoms. The van der Waals surface area contributed by atoms with Gasteiger partial charge in [0.2, 0.25) is 0 Å². The van der Waals surface area contributed by atoms with Crippen molar-refractivity contribution in [2.75, 3.05) is 13.2 Å². The third-order valence-corrected chi connectivity index (χ3v) is 4.36. The Kier molecular flexibility index (Phi) is 7.38. The van der Waals surface area contributed by atoms with Crippen LogP contribution in [0.4, 0.5) is 0 Å². The zero-order valence-corrected chi connectivity index (χ0v) is 13.8. The molecule has 1 fully saturated rings. The van der Waals surface area contributed by atoms with Crippen molar-refractivity contribution < 1.29 is 4.74 Å². The Balaban J connectivity index is 2.59. The molecule has 1 rings (SSSR count). The molecule has 0 aromatic heterocycles. The number of hydrogen-bond acceptors (Lipinski definition) is 2. The second kappa shape index (κ2) is 8.26. The van der Waals surface area contributed by atoms with Crippen LogP contribution in [0.1, 0.15) is 73.1 Å². The van der Waals surface area contributed by atoms with Crippen molar-refractivity contribution in [2.24, 2.45) is 11.8 Å². The molecule has 1 N–H and O–H groups in total. The molecule has 19 heavy (non-hydrogen) atoms. The maximum Gasteiger partial charge on any atom is 0.0629 e. The second-order valence-corrected chi connectivity index (χ2v) is 7.10.